The first-order chi connectivity index (χ1) is 9.95. The van der Waals surface area contributed by atoms with Crippen molar-refractivity contribution >= 4 is 0 Å². The van der Waals surface area contributed by atoms with Crippen LogP contribution in [0.5, 0.6) is 0 Å². The lowest BCUT2D eigenvalue weighted by Gasteiger charge is -2.59. The van der Waals surface area contributed by atoms with Crippen LogP contribution in [0, 0.1) is 34.5 Å². The molecular weight excluding hydrogens is 258 g/mol. The molecule has 0 aromatic rings. The van der Waals surface area contributed by atoms with Crippen molar-refractivity contribution in [2.75, 3.05) is 0 Å². The maximum absolute atomic E-state index is 9.97. The predicted octanol–water partition coefficient (Wildman–Crippen LogP) is 3.27. The highest BCUT2D eigenvalue weighted by Crippen LogP contribution is 2.63. The molecule has 116 valence electrons. The van der Waals surface area contributed by atoms with Crippen LogP contribution in [0.2, 0.25) is 0 Å². The van der Waals surface area contributed by atoms with Crippen LogP contribution in [0.3, 0.4) is 0 Å². The maximum Gasteiger partial charge on any atom is 0.0724 e. The molecule has 0 aromatic carbocycles. The van der Waals surface area contributed by atoms with E-state index in [9.17, 15) is 5.11 Å². The Hall–Kier alpha value is -0.600. The molecule has 0 saturated heterocycles. The highest BCUT2D eigenvalue weighted by Gasteiger charge is 2.57. The van der Waals surface area contributed by atoms with Gasteiger partial charge in [0.1, 0.15) is 0 Å². The van der Waals surface area contributed by atoms with Gasteiger partial charge in [0.2, 0.25) is 0 Å². The molecule has 21 heavy (non-hydrogen) atoms. The molecule has 1 unspecified atom stereocenters. The van der Waals surface area contributed by atoms with E-state index in [1.807, 2.05) is 0 Å². The van der Waals surface area contributed by atoms with Crippen molar-refractivity contribution in [1.82, 2.24) is 0 Å². The van der Waals surface area contributed by atoms with Crippen LogP contribution < -0.4 is 5.73 Å². The fourth-order valence-corrected chi connectivity index (χ4v) is 6.28. The number of nitrogens with two attached hydrogens (primary N) is 1. The molecule has 2 nitrogen and oxygen atoms in total. The monoisotopic (exact) mass is 287 g/mol. The normalized spacial score (nSPS) is 58.5. The molecule has 0 radical (unpaired) electrons. The van der Waals surface area contributed by atoms with Gasteiger partial charge in [0, 0.05) is 6.04 Å². The highest BCUT2D eigenvalue weighted by atomic mass is 16.3. The molecule has 2 saturated carbocycles. The van der Waals surface area contributed by atoms with E-state index < -0.39 is 0 Å². The number of allylic oxidation sites excluding steroid dienone is 2. The van der Waals surface area contributed by atoms with E-state index in [-0.39, 0.29) is 12.1 Å². The molecule has 3 N–H and O–H groups in total. The smallest absolute Gasteiger partial charge is 0.0724 e. The van der Waals surface area contributed by atoms with Crippen LogP contribution in [0.4, 0.5) is 0 Å². The first kappa shape index (κ1) is 14.0. The Kier molecular flexibility index (Phi) is 2.97. The van der Waals surface area contributed by atoms with E-state index in [1.54, 1.807) is 0 Å². The summed E-state index contributed by atoms with van der Waals surface area (Å²) in [6, 6.07) is 0.248. The second-order valence-corrected chi connectivity index (χ2v) is 8.55. The zero-order valence-electron chi connectivity index (χ0n) is 13.3. The van der Waals surface area contributed by atoms with Gasteiger partial charge in [-0.25, -0.2) is 0 Å². The fraction of sp³-hybridized carbons (Fsp3) is 0.789. The summed E-state index contributed by atoms with van der Waals surface area (Å²) in [4.78, 5) is 0. The summed E-state index contributed by atoms with van der Waals surface area (Å²) >= 11 is 0. The van der Waals surface area contributed by atoms with Gasteiger partial charge in [-0.3, -0.25) is 0 Å². The minimum Gasteiger partial charge on any atom is -0.389 e. The Bertz CT molecular complexity index is 498. The summed E-state index contributed by atoms with van der Waals surface area (Å²) in [5, 5.41) is 9.97. The van der Waals surface area contributed by atoms with Crippen LogP contribution in [-0.4, -0.2) is 17.3 Å². The Morgan fingerprint density at radius 1 is 1.10 bits per heavy atom. The number of aliphatic hydroxyl groups is 1. The number of hydrogen-bond acceptors (Lipinski definition) is 2. The SMILES string of the molecule is C[C@]12CC[C@H]3[C@@H](CCC4C[C@@H](O)C=C[C@@]43C)[C@@H]1C=C[C@@H]2N. The number of fused-ring (bicyclic) bond motifs is 5. The zero-order chi connectivity index (χ0) is 14.8. The lowest BCUT2D eigenvalue weighted by atomic mass is 9.46. The average Bonchev–Trinajstić information content (AvgIpc) is 2.76. The number of hydrogen-bond donors (Lipinski definition) is 2. The molecule has 2 heteroatoms. The summed E-state index contributed by atoms with van der Waals surface area (Å²) in [7, 11) is 0. The Labute approximate surface area is 128 Å². The first-order valence-corrected chi connectivity index (χ1v) is 8.76. The molecule has 0 spiro atoms. The van der Waals surface area contributed by atoms with Gasteiger partial charge in [0.15, 0.2) is 0 Å². The van der Waals surface area contributed by atoms with Gasteiger partial charge in [-0.2, -0.15) is 0 Å². The summed E-state index contributed by atoms with van der Waals surface area (Å²) < 4.78 is 0. The molecule has 0 aliphatic heterocycles. The van der Waals surface area contributed by atoms with Crippen LogP contribution in [0.15, 0.2) is 24.3 Å². The quantitative estimate of drug-likeness (QED) is 0.672. The third-order valence-corrected chi connectivity index (χ3v) is 7.75. The van der Waals surface area contributed by atoms with Gasteiger partial charge < -0.3 is 10.8 Å². The second kappa shape index (κ2) is 4.45. The standard InChI is InChI=1S/C19H29NO/c1-18-9-7-13(21)11-12(18)3-4-14-15-5-6-17(20)19(15,2)10-8-16(14)18/h5-7,9,12-17,21H,3-4,8,10-11,20H2,1-2H3/t12?,13-,14-,15-,16-,17-,18-,19-/m0/s1. The summed E-state index contributed by atoms with van der Waals surface area (Å²) in [5.41, 5.74) is 6.98. The first-order valence-electron chi connectivity index (χ1n) is 8.76. The van der Waals surface area contributed by atoms with Crippen molar-refractivity contribution in [3.8, 4) is 0 Å². The van der Waals surface area contributed by atoms with Crippen LogP contribution in [0.25, 0.3) is 0 Å². The van der Waals surface area contributed by atoms with Gasteiger partial charge in [-0.15, -0.1) is 0 Å². The Morgan fingerprint density at radius 3 is 2.71 bits per heavy atom. The third-order valence-electron chi connectivity index (χ3n) is 7.75. The van der Waals surface area contributed by atoms with Crippen molar-refractivity contribution in [1.29, 1.82) is 0 Å². The molecule has 8 atom stereocenters. The van der Waals surface area contributed by atoms with E-state index in [1.165, 1.54) is 25.7 Å². The predicted molar refractivity (Wildman–Crippen MR) is 85.5 cm³/mol. The topological polar surface area (TPSA) is 46.2 Å². The lowest BCUT2D eigenvalue weighted by molar-refractivity contribution is -0.0704. The van der Waals surface area contributed by atoms with Gasteiger partial charge in [0.05, 0.1) is 6.10 Å². The van der Waals surface area contributed by atoms with Crippen molar-refractivity contribution in [2.45, 2.75) is 58.1 Å². The highest BCUT2D eigenvalue weighted by molar-refractivity contribution is 5.23. The third kappa shape index (κ3) is 1.78. The minimum absolute atomic E-state index is 0.215. The fourth-order valence-electron chi connectivity index (χ4n) is 6.28. The van der Waals surface area contributed by atoms with E-state index in [2.05, 4.69) is 38.2 Å². The van der Waals surface area contributed by atoms with Crippen LogP contribution in [0.1, 0.15) is 46.0 Å². The van der Waals surface area contributed by atoms with Crippen molar-refractivity contribution in [2.24, 2.45) is 40.2 Å². The molecular formula is C19H29NO. The molecule has 4 aliphatic carbocycles. The molecule has 4 rings (SSSR count). The number of rotatable bonds is 0. The van der Waals surface area contributed by atoms with E-state index in [4.69, 9.17) is 5.73 Å². The Balaban J connectivity index is 1.68. The largest absolute Gasteiger partial charge is 0.389 e. The summed E-state index contributed by atoms with van der Waals surface area (Å²) in [6.07, 6.45) is 15.0. The summed E-state index contributed by atoms with van der Waals surface area (Å²) in [5.74, 6) is 2.90. The summed E-state index contributed by atoms with van der Waals surface area (Å²) in [6.45, 7) is 4.87. The van der Waals surface area contributed by atoms with Gasteiger partial charge in [-0.1, -0.05) is 38.2 Å². The average molecular weight is 287 g/mol. The molecule has 0 aromatic heterocycles. The van der Waals surface area contributed by atoms with E-state index in [0.717, 1.165) is 18.3 Å². The van der Waals surface area contributed by atoms with E-state index in [0.29, 0.717) is 22.7 Å². The van der Waals surface area contributed by atoms with Crippen LogP contribution in [-0.2, 0) is 0 Å². The minimum atomic E-state index is -0.215. The second-order valence-electron chi connectivity index (χ2n) is 8.55. The van der Waals surface area contributed by atoms with Gasteiger partial charge in [-0.05, 0) is 66.6 Å². The van der Waals surface area contributed by atoms with Gasteiger partial charge >= 0.3 is 0 Å². The maximum atomic E-state index is 9.97. The Morgan fingerprint density at radius 2 is 1.90 bits per heavy atom. The van der Waals surface area contributed by atoms with Crippen molar-refractivity contribution in [3.05, 3.63) is 24.3 Å². The molecule has 0 bridgehead atoms. The zero-order valence-corrected chi connectivity index (χ0v) is 13.3. The molecule has 2 fully saturated rings. The van der Waals surface area contributed by atoms with Crippen LogP contribution >= 0.6 is 0 Å². The molecule has 4 aliphatic rings. The lowest BCUT2D eigenvalue weighted by Crippen LogP contribution is -2.54. The molecule has 0 heterocycles. The number of aliphatic hydroxyl groups excluding tert-OH is 1. The van der Waals surface area contributed by atoms with Crippen molar-refractivity contribution in [3.63, 3.8) is 0 Å². The van der Waals surface area contributed by atoms with Crippen molar-refractivity contribution < 1.29 is 5.11 Å². The van der Waals surface area contributed by atoms with E-state index >= 15 is 0 Å². The molecule has 0 amide bonds. The van der Waals surface area contributed by atoms with Gasteiger partial charge in [0.25, 0.3) is 0 Å².